The number of carbonyl (C=O) groups is 1. The largest absolute Gasteiger partial charge is 0.335 e. The zero-order valence-electron chi connectivity index (χ0n) is 12.1. The first-order valence-corrected chi connectivity index (χ1v) is 7.10. The summed E-state index contributed by atoms with van der Waals surface area (Å²) < 4.78 is 0. The number of likely N-dealkylation sites (N-methyl/N-ethyl adjacent to an activating group) is 1. The van der Waals surface area contributed by atoms with E-state index in [2.05, 4.69) is 38.5 Å². The van der Waals surface area contributed by atoms with Crippen molar-refractivity contribution in [2.45, 2.75) is 19.4 Å². The molecule has 4 heteroatoms. The molecule has 2 rings (SSSR count). The highest BCUT2D eigenvalue weighted by molar-refractivity contribution is 5.96. The van der Waals surface area contributed by atoms with E-state index in [4.69, 9.17) is 0 Å². The summed E-state index contributed by atoms with van der Waals surface area (Å²) in [7, 11) is 4.27. The van der Waals surface area contributed by atoms with Gasteiger partial charge in [0.25, 0.3) is 5.91 Å². The number of quaternary nitrogens is 2. The number of hydrogen-bond acceptors (Lipinski definition) is 1. The predicted molar refractivity (Wildman–Crippen MR) is 76.4 cm³/mol. The summed E-state index contributed by atoms with van der Waals surface area (Å²) in [6.45, 7) is 4.76. The van der Waals surface area contributed by atoms with Gasteiger partial charge >= 0.3 is 0 Å². The number of nitrogens with zero attached hydrogens (tertiary/aromatic N) is 1. The molecule has 19 heavy (non-hydrogen) atoms. The van der Waals surface area contributed by atoms with E-state index in [9.17, 15) is 4.79 Å². The molecule has 0 saturated heterocycles. The number of hydrogen-bond donors (Lipinski definition) is 2. The molecule has 1 aromatic rings. The highest BCUT2D eigenvalue weighted by Gasteiger charge is 2.30. The minimum Gasteiger partial charge on any atom is -0.335 e. The lowest BCUT2D eigenvalue weighted by atomic mass is 10.1. The smallest absolute Gasteiger partial charge is 0.282 e. The molecule has 1 aromatic carbocycles. The third-order valence-corrected chi connectivity index (χ3v) is 3.64. The first-order valence-electron chi connectivity index (χ1n) is 7.10. The van der Waals surface area contributed by atoms with Gasteiger partial charge in [-0.1, -0.05) is 18.2 Å². The van der Waals surface area contributed by atoms with Crippen LogP contribution in [0.25, 0.3) is 0 Å². The first-order chi connectivity index (χ1) is 9.09. The molecule has 3 N–H and O–H groups in total. The van der Waals surface area contributed by atoms with Crippen LogP contribution >= 0.6 is 0 Å². The lowest BCUT2D eigenvalue weighted by molar-refractivity contribution is -0.873. The topological polar surface area (TPSA) is 41.4 Å². The van der Waals surface area contributed by atoms with Crippen LogP contribution in [0.5, 0.6) is 0 Å². The van der Waals surface area contributed by atoms with Crippen molar-refractivity contribution in [3.8, 4) is 0 Å². The number of para-hydroxylation sites is 1. The highest BCUT2D eigenvalue weighted by atomic mass is 16.2. The van der Waals surface area contributed by atoms with Crippen LogP contribution in [-0.4, -0.2) is 45.7 Å². The van der Waals surface area contributed by atoms with Crippen molar-refractivity contribution >= 4 is 11.6 Å². The Morgan fingerprint density at radius 2 is 2.16 bits per heavy atom. The summed E-state index contributed by atoms with van der Waals surface area (Å²) in [6, 6.07) is 8.53. The maximum atomic E-state index is 12.4. The van der Waals surface area contributed by atoms with Crippen LogP contribution in [0.15, 0.2) is 24.3 Å². The lowest BCUT2D eigenvalue weighted by Crippen LogP contribution is -3.09. The predicted octanol–water partition coefficient (Wildman–Crippen LogP) is -1.33. The third-order valence-electron chi connectivity index (χ3n) is 3.64. The molecular formula is C15H25N3O+2. The minimum absolute atomic E-state index is 0.228. The number of fused-ring (bicyclic) bond motifs is 1. The van der Waals surface area contributed by atoms with Crippen molar-refractivity contribution in [3.05, 3.63) is 29.8 Å². The molecule has 1 aliphatic heterocycles. The average Bonchev–Trinajstić information content (AvgIpc) is 2.70. The lowest BCUT2D eigenvalue weighted by Gasteiger charge is -2.21. The van der Waals surface area contributed by atoms with Crippen molar-refractivity contribution < 1.29 is 15.0 Å². The van der Waals surface area contributed by atoms with Crippen molar-refractivity contribution in [1.82, 2.24) is 0 Å². The van der Waals surface area contributed by atoms with Crippen LogP contribution in [-0.2, 0) is 11.2 Å². The van der Waals surface area contributed by atoms with Crippen LogP contribution in [0.3, 0.4) is 0 Å². The summed E-state index contributed by atoms with van der Waals surface area (Å²) in [5, 5.41) is 2.11. The van der Waals surface area contributed by atoms with Crippen molar-refractivity contribution in [2.75, 3.05) is 38.6 Å². The van der Waals surface area contributed by atoms with Gasteiger partial charge in [-0.05, 0) is 25.0 Å². The van der Waals surface area contributed by atoms with Crippen molar-refractivity contribution in [1.29, 1.82) is 0 Å². The van der Waals surface area contributed by atoms with E-state index in [1.54, 1.807) is 0 Å². The molecule has 1 atom stereocenters. The van der Waals surface area contributed by atoms with E-state index >= 15 is 0 Å². The second kappa shape index (κ2) is 6.17. The quantitative estimate of drug-likeness (QED) is 0.635. The summed E-state index contributed by atoms with van der Waals surface area (Å²) in [6.07, 6.45) is 0.976. The van der Waals surface area contributed by atoms with Gasteiger partial charge in [0.05, 0.1) is 14.1 Å². The Morgan fingerprint density at radius 3 is 2.89 bits per heavy atom. The maximum Gasteiger partial charge on any atom is 0.282 e. The molecule has 104 valence electrons. The van der Waals surface area contributed by atoms with Crippen LogP contribution in [0.4, 0.5) is 5.69 Å². The van der Waals surface area contributed by atoms with E-state index in [1.165, 1.54) is 10.5 Å². The van der Waals surface area contributed by atoms with Crippen LogP contribution < -0.4 is 15.1 Å². The minimum atomic E-state index is 0.228. The molecule has 0 aromatic heterocycles. The molecule has 0 fully saturated rings. The Labute approximate surface area is 115 Å². The number of nitrogens with two attached hydrogens (primary N) is 1. The highest BCUT2D eigenvalue weighted by Crippen LogP contribution is 2.31. The zero-order valence-corrected chi connectivity index (χ0v) is 12.1. The standard InChI is InChI=1S/C15H23N3O/c1-12-10-13-6-4-5-7-14(13)18(12)15(19)11-16-8-9-17(2)3/h4-7,12,16H,8-11H2,1-3H3/p+2/t12-/m1/s1. The van der Waals surface area contributed by atoms with Crippen LogP contribution in [0, 0.1) is 0 Å². The SMILES string of the molecule is C[C@@H]1Cc2ccccc2N1C(=O)C[NH2+]CC[NH+](C)C. The molecule has 0 radical (unpaired) electrons. The summed E-state index contributed by atoms with van der Waals surface area (Å²) in [4.78, 5) is 15.7. The summed E-state index contributed by atoms with van der Waals surface area (Å²) in [5.74, 6) is 0.228. The maximum absolute atomic E-state index is 12.4. The Balaban J connectivity index is 1.92. The Hall–Kier alpha value is -1.39. The van der Waals surface area contributed by atoms with E-state index in [1.807, 2.05) is 17.0 Å². The van der Waals surface area contributed by atoms with Gasteiger partial charge in [-0.2, -0.15) is 0 Å². The fourth-order valence-corrected chi connectivity index (χ4v) is 2.66. The van der Waals surface area contributed by atoms with Gasteiger partial charge in [0.15, 0.2) is 6.54 Å². The number of amides is 1. The van der Waals surface area contributed by atoms with E-state index in [0.717, 1.165) is 25.2 Å². The van der Waals surface area contributed by atoms with E-state index in [-0.39, 0.29) is 11.9 Å². The zero-order chi connectivity index (χ0) is 13.8. The van der Waals surface area contributed by atoms with Crippen molar-refractivity contribution in [3.63, 3.8) is 0 Å². The van der Waals surface area contributed by atoms with Crippen molar-refractivity contribution in [2.24, 2.45) is 0 Å². The van der Waals surface area contributed by atoms with Gasteiger partial charge in [-0.3, -0.25) is 4.79 Å². The normalized spacial score (nSPS) is 17.9. The van der Waals surface area contributed by atoms with Gasteiger partial charge in [-0.25, -0.2) is 0 Å². The summed E-state index contributed by atoms with van der Waals surface area (Å²) in [5.41, 5.74) is 2.40. The average molecular weight is 263 g/mol. The molecule has 4 nitrogen and oxygen atoms in total. The Morgan fingerprint density at radius 1 is 1.42 bits per heavy atom. The second-order valence-electron chi connectivity index (χ2n) is 5.68. The summed E-state index contributed by atoms with van der Waals surface area (Å²) >= 11 is 0. The molecule has 0 spiro atoms. The molecule has 1 aliphatic rings. The van der Waals surface area contributed by atoms with Crippen LogP contribution in [0.1, 0.15) is 12.5 Å². The van der Waals surface area contributed by atoms with Gasteiger partial charge in [0.2, 0.25) is 0 Å². The molecule has 1 amide bonds. The molecule has 0 aliphatic carbocycles. The fraction of sp³-hybridized carbons (Fsp3) is 0.533. The van der Waals surface area contributed by atoms with Gasteiger partial charge in [0.1, 0.15) is 13.1 Å². The van der Waals surface area contributed by atoms with E-state index < -0.39 is 0 Å². The number of nitrogens with one attached hydrogen (secondary N) is 1. The van der Waals surface area contributed by atoms with Gasteiger partial charge in [-0.15, -0.1) is 0 Å². The Bertz CT molecular complexity index is 445. The fourth-order valence-electron chi connectivity index (χ4n) is 2.66. The third kappa shape index (κ3) is 3.33. The molecular weight excluding hydrogens is 238 g/mol. The van der Waals surface area contributed by atoms with Crippen LogP contribution in [0.2, 0.25) is 0 Å². The molecule has 0 saturated carbocycles. The molecule has 1 heterocycles. The van der Waals surface area contributed by atoms with Gasteiger partial charge in [0, 0.05) is 11.7 Å². The number of rotatable bonds is 5. The number of carbonyl (C=O) groups excluding carboxylic acids is 1. The number of anilines is 1. The Kier molecular flexibility index (Phi) is 4.56. The second-order valence-corrected chi connectivity index (χ2v) is 5.68. The van der Waals surface area contributed by atoms with Gasteiger partial charge < -0.3 is 15.1 Å². The molecule has 0 unspecified atom stereocenters. The van der Waals surface area contributed by atoms with E-state index in [0.29, 0.717) is 6.54 Å². The monoisotopic (exact) mass is 263 g/mol. The number of benzene rings is 1. The molecule has 0 bridgehead atoms. The first kappa shape index (κ1) is 14.0.